The molecule has 0 fully saturated rings. The van der Waals surface area contributed by atoms with Crippen molar-refractivity contribution in [2.75, 3.05) is 38.5 Å². The third-order valence-corrected chi connectivity index (χ3v) is 8.25. The summed E-state index contributed by atoms with van der Waals surface area (Å²) in [4.78, 5) is 46.9. The molecule has 4 aromatic rings. The van der Waals surface area contributed by atoms with Crippen molar-refractivity contribution in [3.63, 3.8) is 0 Å². The van der Waals surface area contributed by atoms with E-state index >= 15 is 0 Å². The predicted molar refractivity (Wildman–Crippen MR) is 174 cm³/mol. The van der Waals surface area contributed by atoms with Crippen LogP contribution < -0.4 is 35.6 Å². The molecule has 0 saturated carbocycles. The number of carbonyl (C=O) groups excluding carboxylic acids is 2. The van der Waals surface area contributed by atoms with Gasteiger partial charge in [-0.05, 0) is 66.3 Å². The van der Waals surface area contributed by atoms with E-state index in [9.17, 15) is 14.4 Å². The predicted octanol–water partition coefficient (Wildman–Crippen LogP) is 5.21. The third-order valence-electron chi connectivity index (χ3n) is 7.49. The number of amides is 2. The standard InChI is InChI=1S/C33H35N5O6S/c1-19(39)36-23-12-10-20-16-28(42-2)31(43-3)32(44-4)30(20)21-11-13-25(27(40)17-22(21)23)35-15-7-9-29(41)38-33-37-26(18-45-33)24-8-5-6-14-34-24/h5-6,8,11,13-14,16-18,23H,7,9-10,12,15H2,1-4H3,(H,35,40)(H,36,39)(H,37,38,41). The highest BCUT2D eigenvalue weighted by molar-refractivity contribution is 7.14. The SMILES string of the molecule is COc1cc2c(c(OC)c1OC)-c1ccc(NCCCC(=O)Nc3nc(-c4ccccn4)cs3)c(=O)cc1C(NC(C)=O)CC2. The lowest BCUT2D eigenvalue weighted by atomic mass is 9.95. The van der Waals surface area contributed by atoms with E-state index in [2.05, 4.69) is 25.9 Å². The maximum absolute atomic E-state index is 13.5. The molecule has 12 heteroatoms. The maximum Gasteiger partial charge on any atom is 0.226 e. The highest BCUT2D eigenvalue weighted by atomic mass is 32.1. The first-order chi connectivity index (χ1) is 21.8. The number of methoxy groups -OCH3 is 3. The van der Waals surface area contributed by atoms with Gasteiger partial charge in [-0.1, -0.05) is 12.1 Å². The maximum atomic E-state index is 13.5. The molecule has 1 unspecified atom stereocenters. The number of nitrogens with one attached hydrogen (secondary N) is 3. The highest BCUT2D eigenvalue weighted by Gasteiger charge is 2.29. The minimum Gasteiger partial charge on any atom is -0.493 e. The first-order valence-electron chi connectivity index (χ1n) is 14.5. The second-order valence-corrected chi connectivity index (χ2v) is 11.3. The number of hydrogen-bond donors (Lipinski definition) is 3. The van der Waals surface area contributed by atoms with E-state index in [0.717, 1.165) is 22.4 Å². The monoisotopic (exact) mass is 629 g/mol. The summed E-state index contributed by atoms with van der Waals surface area (Å²) < 4.78 is 17.1. The van der Waals surface area contributed by atoms with E-state index in [1.807, 2.05) is 35.7 Å². The summed E-state index contributed by atoms with van der Waals surface area (Å²) >= 11 is 1.34. The summed E-state index contributed by atoms with van der Waals surface area (Å²) in [6, 6.07) is 12.3. The Balaban J connectivity index is 1.34. The van der Waals surface area contributed by atoms with E-state index in [1.54, 1.807) is 39.7 Å². The van der Waals surface area contributed by atoms with Crippen LogP contribution in [0.3, 0.4) is 0 Å². The average Bonchev–Trinajstić information content (AvgIpc) is 3.38. The van der Waals surface area contributed by atoms with Crippen LogP contribution >= 0.6 is 11.3 Å². The largest absolute Gasteiger partial charge is 0.493 e. The lowest BCUT2D eigenvalue weighted by molar-refractivity contribution is -0.119. The van der Waals surface area contributed by atoms with Crippen LogP contribution in [0.4, 0.5) is 10.8 Å². The van der Waals surface area contributed by atoms with Crippen LogP contribution in [0.15, 0.2) is 58.8 Å². The minimum atomic E-state index is -0.396. The summed E-state index contributed by atoms with van der Waals surface area (Å²) in [6.45, 7) is 1.86. The van der Waals surface area contributed by atoms with Gasteiger partial charge in [0, 0.05) is 37.0 Å². The summed E-state index contributed by atoms with van der Waals surface area (Å²) in [7, 11) is 4.68. The van der Waals surface area contributed by atoms with Gasteiger partial charge in [0.2, 0.25) is 23.0 Å². The van der Waals surface area contributed by atoms with Crippen molar-refractivity contribution in [2.24, 2.45) is 0 Å². The molecule has 0 radical (unpaired) electrons. The Morgan fingerprint density at radius 2 is 1.84 bits per heavy atom. The first-order valence-corrected chi connectivity index (χ1v) is 15.4. The zero-order chi connectivity index (χ0) is 31.9. The van der Waals surface area contributed by atoms with Crippen molar-refractivity contribution in [1.82, 2.24) is 15.3 Å². The minimum absolute atomic E-state index is 0.169. The summed E-state index contributed by atoms with van der Waals surface area (Å²) in [5, 5.41) is 11.4. The molecule has 2 heterocycles. The smallest absolute Gasteiger partial charge is 0.226 e. The van der Waals surface area contributed by atoms with Crippen LogP contribution in [0.5, 0.6) is 17.2 Å². The lowest BCUT2D eigenvalue weighted by Crippen LogP contribution is -2.26. The molecule has 2 aromatic heterocycles. The molecule has 0 saturated heterocycles. The molecule has 45 heavy (non-hydrogen) atoms. The number of carbonyl (C=O) groups is 2. The van der Waals surface area contributed by atoms with Crippen molar-refractivity contribution in [3.05, 3.63) is 75.4 Å². The van der Waals surface area contributed by atoms with Gasteiger partial charge in [0.05, 0.1) is 38.8 Å². The molecule has 1 atom stereocenters. The van der Waals surface area contributed by atoms with Gasteiger partial charge < -0.3 is 30.2 Å². The topological polar surface area (TPSA) is 141 Å². The van der Waals surface area contributed by atoms with Crippen LogP contribution in [0.2, 0.25) is 0 Å². The number of pyridine rings is 1. The highest BCUT2D eigenvalue weighted by Crippen LogP contribution is 2.50. The zero-order valence-electron chi connectivity index (χ0n) is 25.6. The van der Waals surface area contributed by atoms with Crippen molar-refractivity contribution in [3.8, 4) is 39.8 Å². The van der Waals surface area contributed by atoms with Crippen molar-refractivity contribution < 1.29 is 23.8 Å². The second-order valence-electron chi connectivity index (χ2n) is 10.4. The van der Waals surface area contributed by atoms with E-state index in [4.69, 9.17) is 14.2 Å². The molecule has 2 amide bonds. The Labute approximate surface area is 265 Å². The Hall–Kier alpha value is -4.97. The number of rotatable bonds is 11. The molecule has 2 aromatic carbocycles. The molecule has 0 aliphatic heterocycles. The van der Waals surface area contributed by atoms with Crippen molar-refractivity contribution >= 4 is 34.0 Å². The van der Waals surface area contributed by atoms with E-state index < -0.39 is 6.04 Å². The zero-order valence-corrected chi connectivity index (χ0v) is 26.4. The Bertz CT molecular complexity index is 1760. The first kappa shape index (κ1) is 31.5. The third kappa shape index (κ3) is 7.07. The number of anilines is 2. The Kier molecular flexibility index (Phi) is 9.93. The fourth-order valence-corrected chi connectivity index (χ4v) is 6.19. The quantitative estimate of drug-likeness (QED) is 0.191. The number of fused-ring (bicyclic) bond motifs is 3. The number of hydrogen-bond acceptors (Lipinski definition) is 10. The summed E-state index contributed by atoms with van der Waals surface area (Å²) in [5.74, 6) is 1.10. The van der Waals surface area contributed by atoms with E-state index in [0.29, 0.717) is 65.1 Å². The van der Waals surface area contributed by atoms with Crippen molar-refractivity contribution in [1.29, 1.82) is 0 Å². The van der Waals surface area contributed by atoms with Crippen LogP contribution in [0.25, 0.3) is 22.5 Å². The number of nitrogens with zero attached hydrogens (tertiary/aromatic N) is 2. The normalized spacial score (nSPS) is 13.5. The molecule has 0 spiro atoms. The fraction of sp³-hybridized carbons (Fsp3) is 0.303. The number of ether oxygens (including phenoxy) is 3. The Morgan fingerprint density at radius 1 is 1.02 bits per heavy atom. The summed E-state index contributed by atoms with van der Waals surface area (Å²) in [6.07, 6.45) is 3.61. The number of aryl methyl sites for hydroxylation is 1. The van der Waals surface area contributed by atoms with Crippen LogP contribution in [0.1, 0.15) is 43.4 Å². The van der Waals surface area contributed by atoms with Gasteiger partial charge in [-0.15, -0.1) is 11.3 Å². The van der Waals surface area contributed by atoms with Gasteiger partial charge >= 0.3 is 0 Å². The van der Waals surface area contributed by atoms with Gasteiger partial charge in [0.1, 0.15) is 5.69 Å². The van der Waals surface area contributed by atoms with Crippen LogP contribution in [-0.4, -0.2) is 49.7 Å². The van der Waals surface area contributed by atoms with Crippen molar-refractivity contribution in [2.45, 2.75) is 38.6 Å². The second kappa shape index (κ2) is 14.2. The molecular formula is C33H35N5O6S. The van der Waals surface area contributed by atoms with Crippen LogP contribution in [-0.2, 0) is 16.0 Å². The molecule has 0 bridgehead atoms. The molecule has 11 nitrogen and oxygen atoms in total. The molecular weight excluding hydrogens is 594 g/mol. The molecule has 1 aliphatic carbocycles. The summed E-state index contributed by atoms with van der Waals surface area (Å²) in [5.41, 5.74) is 4.75. The lowest BCUT2D eigenvalue weighted by Gasteiger charge is -2.19. The van der Waals surface area contributed by atoms with Gasteiger partial charge in [-0.25, -0.2) is 4.98 Å². The van der Waals surface area contributed by atoms with E-state index in [-0.39, 0.29) is 23.7 Å². The molecule has 5 rings (SSSR count). The fourth-order valence-electron chi connectivity index (χ4n) is 5.47. The average molecular weight is 630 g/mol. The van der Waals surface area contributed by atoms with E-state index in [1.165, 1.54) is 18.3 Å². The molecule has 3 N–H and O–H groups in total. The van der Waals surface area contributed by atoms with Gasteiger partial charge in [0.15, 0.2) is 16.6 Å². The Morgan fingerprint density at radius 3 is 2.56 bits per heavy atom. The van der Waals surface area contributed by atoms with Crippen LogP contribution in [0, 0.1) is 0 Å². The number of aromatic nitrogens is 2. The van der Waals surface area contributed by atoms with Gasteiger partial charge in [-0.2, -0.15) is 0 Å². The van der Waals surface area contributed by atoms with Gasteiger partial charge in [-0.3, -0.25) is 19.4 Å². The number of benzene rings is 1. The molecule has 1 aliphatic rings. The van der Waals surface area contributed by atoms with Gasteiger partial charge in [0.25, 0.3) is 0 Å². The molecule has 234 valence electrons. The number of thiazole rings is 1.